The molecule has 1 N–H and O–H groups in total. The lowest BCUT2D eigenvalue weighted by molar-refractivity contribution is 0.353. The van der Waals surface area contributed by atoms with Gasteiger partial charge >= 0.3 is 0 Å². The maximum atomic E-state index is 4.92. The molecule has 4 rings (SSSR count). The van der Waals surface area contributed by atoms with Crippen LogP contribution in [0.2, 0.25) is 0 Å². The van der Waals surface area contributed by atoms with E-state index in [0.29, 0.717) is 0 Å². The first-order valence-electron chi connectivity index (χ1n) is 8.28. The summed E-state index contributed by atoms with van der Waals surface area (Å²) in [5, 5.41) is 4.69. The molecule has 0 aromatic carbocycles. The summed E-state index contributed by atoms with van der Waals surface area (Å²) in [6.07, 6.45) is 7.28. The van der Waals surface area contributed by atoms with Gasteiger partial charge in [-0.2, -0.15) is 0 Å². The quantitative estimate of drug-likeness (QED) is 0.787. The second-order valence-electron chi connectivity index (χ2n) is 6.89. The van der Waals surface area contributed by atoms with Gasteiger partial charge in [0.15, 0.2) is 0 Å². The van der Waals surface area contributed by atoms with Crippen molar-refractivity contribution in [3.63, 3.8) is 0 Å². The summed E-state index contributed by atoms with van der Waals surface area (Å²) >= 11 is 0. The van der Waals surface area contributed by atoms with Crippen molar-refractivity contribution in [1.82, 2.24) is 20.3 Å². The second-order valence-corrected chi connectivity index (χ2v) is 6.89. The number of anilines is 1. The van der Waals surface area contributed by atoms with Crippen molar-refractivity contribution in [2.24, 2.45) is 0 Å². The maximum Gasteiger partial charge on any atom is 0.0944 e. The summed E-state index contributed by atoms with van der Waals surface area (Å²) in [5.74, 6) is 0. The van der Waals surface area contributed by atoms with Gasteiger partial charge in [0.2, 0.25) is 0 Å². The van der Waals surface area contributed by atoms with E-state index in [2.05, 4.69) is 40.1 Å². The van der Waals surface area contributed by atoms with E-state index in [-0.39, 0.29) is 5.54 Å². The van der Waals surface area contributed by atoms with Crippen LogP contribution in [0.4, 0.5) is 5.69 Å². The van der Waals surface area contributed by atoms with E-state index in [0.717, 1.165) is 41.8 Å². The van der Waals surface area contributed by atoms with Crippen LogP contribution in [0.1, 0.15) is 13.8 Å². The normalized spacial score (nSPS) is 17.2. The zero-order valence-electron chi connectivity index (χ0n) is 14.0. The van der Waals surface area contributed by atoms with E-state index < -0.39 is 0 Å². The van der Waals surface area contributed by atoms with Gasteiger partial charge in [-0.3, -0.25) is 9.97 Å². The maximum absolute atomic E-state index is 4.92. The topological polar surface area (TPSA) is 53.9 Å². The first-order chi connectivity index (χ1) is 11.6. The van der Waals surface area contributed by atoms with Gasteiger partial charge in [-0.1, -0.05) is 0 Å². The number of rotatable bonds is 2. The average molecular weight is 319 g/mol. The van der Waals surface area contributed by atoms with Gasteiger partial charge in [-0.15, -0.1) is 0 Å². The highest BCUT2D eigenvalue weighted by Gasteiger charge is 2.27. The number of nitrogens with zero attached hydrogens (tertiary/aromatic N) is 4. The molecule has 5 heteroatoms. The molecule has 122 valence electrons. The number of nitrogens with one attached hydrogen (secondary N) is 1. The molecular formula is C19H21N5. The van der Waals surface area contributed by atoms with Crippen molar-refractivity contribution in [1.29, 1.82) is 0 Å². The first kappa shape index (κ1) is 15.0. The van der Waals surface area contributed by atoms with Crippen molar-refractivity contribution >= 4 is 16.6 Å². The van der Waals surface area contributed by atoms with Crippen LogP contribution in [0, 0.1) is 0 Å². The van der Waals surface area contributed by atoms with Crippen LogP contribution in [-0.2, 0) is 0 Å². The Bertz CT molecular complexity index is 860. The molecule has 0 atom stereocenters. The number of fused-ring (bicyclic) bond motifs is 1. The fourth-order valence-corrected chi connectivity index (χ4v) is 3.32. The first-order valence-corrected chi connectivity index (χ1v) is 8.28. The van der Waals surface area contributed by atoms with E-state index in [1.807, 2.05) is 43.0 Å². The van der Waals surface area contributed by atoms with Crippen molar-refractivity contribution in [3.05, 3.63) is 49.1 Å². The Morgan fingerprint density at radius 1 is 1.08 bits per heavy atom. The zero-order valence-corrected chi connectivity index (χ0v) is 14.0. The molecule has 1 fully saturated rings. The molecule has 1 aliphatic rings. The Morgan fingerprint density at radius 3 is 2.67 bits per heavy atom. The Morgan fingerprint density at radius 2 is 1.88 bits per heavy atom. The molecule has 3 aromatic heterocycles. The zero-order chi connectivity index (χ0) is 16.6. The monoisotopic (exact) mass is 319 g/mol. The smallest absolute Gasteiger partial charge is 0.0944 e. The van der Waals surface area contributed by atoms with Crippen LogP contribution >= 0.6 is 0 Å². The van der Waals surface area contributed by atoms with Gasteiger partial charge in [0.1, 0.15) is 0 Å². The fourth-order valence-electron chi connectivity index (χ4n) is 3.32. The summed E-state index contributed by atoms with van der Waals surface area (Å²) in [6, 6.07) is 8.29. The minimum absolute atomic E-state index is 0.0843. The number of piperazine rings is 1. The molecule has 24 heavy (non-hydrogen) atoms. The van der Waals surface area contributed by atoms with Crippen LogP contribution in [0.3, 0.4) is 0 Å². The van der Waals surface area contributed by atoms with E-state index in [1.165, 1.54) is 5.69 Å². The van der Waals surface area contributed by atoms with Crippen LogP contribution < -0.4 is 10.2 Å². The van der Waals surface area contributed by atoms with E-state index >= 15 is 0 Å². The molecule has 0 amide bonds. The number of pyridine rings is 3. The Hall–Kier alpha value is -2.53. The molecule has 1 saturated heterocycles. The van der Waals surface area contributed by atoms with Crippen molar-refractivity contribution in [2.75, 3.05) is 24.5 Å². The summed E-state index contributed by atoms with van der Waals surface area (Å²) < 4.78 is 0. The minimum Gasteiger partial charge on any atom is -0.367 e. The van der Waals surface area contributed by atoms with Crippen LogP contribution in [0.5, 0.6) is 0 Å². The predicted octanol–water partition coefficient (Wildman–Crippen LogP) is 2.88. The van der Waals surface area contributed by atoms with Crippen molar-refractivity contribution in [2.45, 2.75) is 19.4 Å². The third kappa shape index (κ3) is 2.83. The molecule has 4 heterocycles. The number of aromatic nitrogens is 3. The van der Waals surface area contributed by atoms with Crippen LogP contribution in [-0.4, -0.2) is 40.1 Å². The lowest BCUT2D eigenvalue weighted by Crippen LogP contribution is -2.57. The highest BCUT2D eigenvalue weighted by molar-refractivity contribution is 5.88. The third-order valence-corrected chi connectivity index (χ3v) is 4.47. The van der Waals surface area contributed by atoms with Gasteiger partial charge in [-0.05, 0) is 38.1 Å². The molecule has 5 nitrogen and oxygen atoms in total. The number of hydrogen-bond acceptors (Lipinski definition) is 5. The lowest BCUT2D eigenvalue weighted by Gasteiger charge is -2.41. The molecular weight excluding hydrogens is 298 g/mol. The standard InChI is InChI=1S/C19H21N5/c1-19(2)13-24(10-9-22-19)17-11-15-5-8-21-12-16(15)23-18(17)14-3-6-20-7-4-14/h3-8,11-12,22H,9-10,13H2,1-2H3. The van der Waals surface area contributed by atoms with Crippen LogP contribution in [0.15, 0.2) is 49.1 Å². The van der Waals surface area contributed by atoms with Gasteiger partial charge < -0.3 is 10.2 Å². The molecule has 0 radical (unpaired) electrons. The molecule has 1 aliphatic heterocycles. The van der Waals surface area contributed by atoms with Crippen LogP contribution in [0.25, 0.3) is 22.2 Å². The third-order valence-electron chi connectivity index (χ3n) is 4.47. The predicted molar refractivity (Wildman–Crippen MR) is 97.1 cm³/mol. The Kier molecular flexibility index (Phi) is 3.65. The number of hydrogen-bond donors (Lipinski definition) is 1. The van der Waals surface area contributed by atoms with Gasteiger partial charge in [0.25, 0.3) is 0 Å². The van der Waals surface area contributed by atoms with E-state index in [9.17, 15) is 0 Å². The highest BCUT2D eigenvalue weighted by atomic mass is 15.2. The van der Waals surface area contributed by atoms with E-state index in [4.69, 9.17) is 4.98 Å². The molecule has 0 bridgehead atoms. The van der Waals surface area contributed by atoms with Gasteiger partial charge in [0, 0.05) is 54.7 Å². The largest absolute Gasteiger partial charge is 0.367 e. The molecule has 0 unspecified atom stereocenters. The fraction of sp³-hybridized carbons (Fsp3) is 0.316. The Balaban J connectivity index is 1.89. The van der Waals surface area contributed by atoms with Crippen molar-refractivity contribution < 1.29 is 0 Å². The van der Waals surface area contributed by atoms with Crippen molar-refractivity contribution in [3.8, 4) is 11.3 Å². The average Bonchev–Trinajstić information content (AvgIpc) is 2.60. The van der Waals surface area contributed by atoms with Gasteiger partial charge in [0.05, 0.1) is 23.1 Å². The second kappa shape index (κ2) is 5.83. The molecule has 0 aliphatic carbocycles. The summed E-state index contributed by atoms with van der Waals surface area (Å²) in [4.78, 5) is 15.7. The molecule has 0 saturated carbocycles. The van der Waals surface area contributed by atoms with E-state index in [1.54, 1.807) is 0 Å². The lowest BCUT2D eigenvalue weighted by atomic mass is 10.00. The highest BCUT2D eigenvalue weighted by Crippen LogP contribution is 2.33. The molecule has 0 spiro atoms. The summed E-state index contributed by atoms with van der Waals surface area (Å²) in [6.45, 7) is 7.37. The molecule has 3 aromatic rings. The minimum atomic E-state index is 0.0843. The summed E-state index contributed by atoms with van der Waals surface area (Å²) in [5.41, 5.74) is 4.26. The summed E-state index contributed by atoms with van der Waals surface area (Å²) in [7, 11) is 0. The Labute approximate surface area is 141 Å². The van der Waals surface area contributed by atoms with Gasteiger partial charge in [-0.25, -0.2) is 4.98 Å². The SMILES string of the molecule is CC1(C)CN(c2cc3ccncc3nc2-c2ccncc2)CCN1.